The number of nitrogens with one attached hydrogen (secondary N) is 1. The monoisotopic (exact) mass is 331 g/mol. The highest BCUT2D eigenvalue weighted by atomic mass is 16.5. The molecule has 0 unspecified atom stereocenters. The van der Waals surface area contributed by atoms with Crippen molar-refractivity contribution in [2.24, 2.45) is 0 Å². The van der Waals surface area contributed by atoms with Gasteiger partial charge in [0.05, 0.1) is 19.8 Å². The molecular formula is C17H17NO6. The first-order chi connectivity index (χ1) is 11.5. The van der Waals surface area contributed by atoms with Gasteiger partial charge in [0.1, 0.15) is 11.3 Å². The van der Waals surface area contributed by atoms with E-state index in [2.05, 4.69) is 10.1 Å². The molecule has 2 rings (SSSR count). The fourth-order valence-corrected chi connectivity index (χ4v) is 2.16. The Kier molecular flexibility index (Phi) is 5.26. The Bertz CT molecular complexity index is 772. The van der Waals surface area contributed by atoms with Gasteiger partial charge in [0.2, 0.25) is 0 Å². The molecule has 0 aliphatic carbocycles. The van der Waals surface area contributed by atoms with Crippen molar-refractivity contribution >= 4 is 11.9 Å². The van der Waals surface area contributed by atoms with Crippen LogP contribution in [0, 0.1) is 0 Å². The SMILES string of the molecule is COC(=O)c1ccc(C(=O)NCc2ccccc2OC)c(O)c1O. The van der Waals surface area contributed by atoms with Crippen LogP contribution in [0.25, 0.3) is 0 Å². The average molecular weight is 331 g/mol. The van der Waals surface area contributed by atoms with E-state index < -0.39 is 23.4 Å². The Morgan fingerprint density at radius 1 is 1.00 bits per heavy atom. The second-order valence-corrected chi connectivity index (χ2v) is 4.84. The van der Waals surface area contributed by atoms with Crippen LogP contribution in [0.5, 0.6) is 17.2 Å². The number of aromatic hydroxyl groups is 2. The summed E-state index contributed by atoms with van der Waals surface area (Å²) in [6.07, 6.45) is 0. The summed E-state index contributed by atoms with van der Waals surface area (Å²) in [4.78, 5) is 23.6. The standard InChI is InChI=1S/C17H17NO6/c1-23-13-6-4-3-5-10(13)9-18-16(21)11-7-8-12(17(22)24-2)15(20)14(11)19/h3-8,19-20H,9H2,1-2H3,(H,18,21). The highest BCUT2D eigenvalue weighted by Crippen LogP contribution is 2.33. The van der Waals surface area contributed by atoms with Crippen LogP contribution in [0.15, 0.2) is 36.4 Å². The molecule has 0 aliphatic rings. The van der Waals surface area contributed by atoms with E-state index in [9.17, 15) is 19.8 Å². The molecule has 3 N–H and O–H groups in total. The van der Waals surface area contributed by atoms with Gasteiger partial charge in [-0.1, -0.05) is 18.2 Å². The van der Waals surface area contributed by atoms with E-state index in [4.69, 9.17) is 4.74 Å². The van der Waals surface area contributed by atoms with E-state index in [0.29, 0.717) is 5.75 Å². The number of benzene rings is 2. The lowest BCUT2D eigenvalue weighted by Crippen LogP contribution is -2.23. The highest BCUT2D eigenvalue weighted by Gasteiger charge is 2.21. The largest absolute Gasteiger partial charge is 0.504 e. The molecule has 0 aliphatic heterocycles. The minimum atomic E-state index is -0.816. The number of methoxy groups -OCH3 is 2. The maximum atomic E-state index is 12.2. The Hall–Kier alpha value is -3.22. The Morgan fingerprint density at radius 2 is 1.62 bits per heavy atom. The lowest BCUT2D eigenvalue weighted by atomic mass is 10.1. The predicted octanol–water partition coefficient (Wildman–Crippen LogP) is 1.82. The lowest BCUT2D eigenvalue weighted by molar-refractivity contribution is 0.0596. The number of rotatable bonds is 5. The van der Waals surface area contributed by atoms with Crippen LogP contribution in [0.1, 0.15) is 26.3 Å². The zero-order chi connectivity index (χ0) is 17.7. The van der Waals surface area contributed by atoms with Crippen LogP contribution < -0.4 is 10.1 Å². The van der Waals surface area contributed by atoms with Gasteiger partial charge in [-0.15, -0.1) is 0 Å². The summed E-state index contributed by atoms with van der Waals surface area (Å²) in [5.74, 6) is -2.19. The van der Waals surface area contributed by atoms with Crippen molar-refractivity contribution in [2.45, 2.75) is 6.54 Å². The number of para-hydroxylation sites is 1. The highest BCUT2D eigenvalue weighted by molar-refractivity contribution is 6.01. The van der Waals surface area contributed by atoms with Gasteiger partial charge in [0.25, 0.3) is 5.91 Å². The summed E-state index contributed by atoms with van der Waals surface area (Å²) >= 11 is 0. The molecule has 0 saturated carbocycles. The molecule has 0 saturated heterocycles. The third-order valence-corrected chi connectivity index (χ3v) is 3.43. The quantitative estimate of drug-likeness (QED) is 0.570. The normalized spacial score (nSPS) is 10.1. The van der Waals surface area contributed by atoms with Crippen LogP contribution in [-0.2, 0) is 11.3 Å². The molecular weight excluding hydrogens is 314 g/mol. The molecule has 24 heavy (non-hydrogen) atoms. The number of carbonyl (C=O) groups excluding carboxylic acids is 2. The smallest absolute Gasteiger partial charge is 0.341 e. The van der Waals surface area contributed by atoms with E-state index in [1.807, 2.05) is 0 Å². The maximum Gasteiger partial charge on any atom is 0.341 e. The number of ether oxygens (including phenoxy) is 2. The number of hydrogen-bond donors (Lipinski definition) is 3. The fourth-order valence-electron chi connectivity index (χ4n) is 2.16. The van der Waals surface area contributed by atoms with Crippen LogP contribution in [0.4, 0.5) is 0 Å². The molecule has 0 fully saturated rings. The molecule has 0 spiro atoms. The van der Waals surface area contributed by atoms with Crippen molar-refractivity contribution in [3.05, 3.63) is 53.1 Å². The van der Waals surface area contributed by atoms with Gasteiger partial charge in [0.15, 0.2) is 11.5 Å². The van der Waals surface area contributed by atoms with Crippen LogP contribution in [-0.4, -0.2) is 36.3 Å². The number of carbonyl (C=O) groups is 2. The molecule has 2 aromatic carbocycles. The Morgan fingerprint density at radius 3 is 2.29 bits per heavy atom. The van der Waals surface area contributed by atoms with Gasteiger partial charge in [-0.2, -0.15) is 0 Å². The fraction of sp³-hybridized carbons (Fsp3) is 0.176. The third-order valence-electron chi connectivity index (χ3n) is 3.43. The zero-order valence-corrected chi connectivity index (χ0v) is 13.2. The van der Waals surface area contributed by atoms with Gasteiger partial charge >= 0.3 is 5.97 Å². The minimum Gasteiger partial charge on any atom is -0.504 e. The molecule has 0 heterocycles. The second kappa shape index (κ2) is 7.36. The number of phenols is 2. The van der Waals surface area contributed by atoms with Crippen LogP contribution in [0.3, 0.4) is 0 Å². The predicted molar refractivity (Wildman–Crippen MR) is 85.3 cm³/mol. The molecule has 0 bridgehead atoms. The molecule has 2 aromatic rings. The van der Waals surface area contributed by atoms with Crippen molar-refractivity contribution in [3.63, 3.8) is 0 Å². The summed E-state index contributed by atoms with van der Waals surface area (Å²) < 4.78 is 9.67. The third kappa shape index (κ3) is 3.40. The first kappa shape index (κ1) is 17.1. The summed E-state index contributed by atoms with van der Waals surface area (Å²) in [5.41, 5.74) is 0.370. The van der Waals surface area contributed by atoms with Crippen molar-refractivity contribution in [1.82, 2.24) is 5.32 Å². The van der Waals surface area contributed by atoms with E-state index >= 15 is 0 Å². The Labute approximate surface area is 138 Å². The van der Waals surface area contributed by atoms with E-state index in [-0.39, 0.29) is 17.7 Å². The molecule has 7 nitrogen and oxygen atoms in total. The van der Waals surface area contributed by atoms with E-state index in [1.54, 1.807) is 24.3 Å². The van der Waals surface area contributed by atoms with Crippen molar-refractivity contribution < 1.29 is 29.3 Å². The maximum absolute atomic E-state index is 12.2. The molecule has 0 aromatic heterocycles. The van der Waals surface area contributed by atoms with Crippen LogP contribution in [0.2, 0.25) is 0 Å². The number of phenolic OH excluding ortho intramolecular Hbond substituents is 2. The zero-order valence-electron chi connectivity index (χ0n) is 13.2. The number of esters is 1. The average Bonchev–Trinajstić information content (AvgIpc) is 2.61. The van der Waals surface area contributed by atoms with Gasteiger partial charge in [-0.25, -0.2) is 4.79 Å². The summed E-state index contributed by atoms with van der Waals surface area (Å²) in [7, 11) is 2.67. The minimum absolute atomic E-state index is 0.157. The van der Waals surface area contributed by atoms with Crippen molar-refractivity contribution in [2.75, 3.05) is 14.2 Å². The molecule has 1 amide bonds. The van der Waals surface area contributed by atoms with Gasteiger partial charge in [-0.05, 0) is 18.2 Å². The van der Waals surface area contributed by atoms with Gasteiger partial charge in [-0.3, -0.25) is 4.79 Å². The molecule has 0 radical (unpaired) electrons. The first-order valence-electron chi connectivity index (χ1n) is 7.03. The first-order valence-corrected chi connectivity index (χ1v) is 7.03. The van der Waals surface area contributed by atoms with Crippen LogP contribution >= 0.6 is 0 Å². The van der Waals surface area contributed by atoms with E-state index in [0.717, 1.165) is 12.7 Å². The molecule has 0 atom stereocenters. The van der Waals surface area contributed by atoms with E-state index in [1.165, 1.54) is 19.2 Å². The number of hydrogen-bond acceptors (Lipinski definition) is 6. The Balaban J connectivity index is 2.18. The topological polar surface area (TPSA) is 105 Å². The summed E-state index contributed by atoms with van der Waals surface area (Å²) in [5, 5.41) is 22.4. The lowest BCUT2D eigenvalue weighted by Gasteiger charge is -2.11. The molecule has 126 valence electrons. The summed E-state index contributed by atoms with van der Waals surface area (Å²) in [6, 6.07) is 9.60. The number of amides is 1. The van der Waals surface area contributed by atoms with Gasteiger partial charge < -0.3 is 25.0 Å². The van der Waals surface area contributed by atoms with Gasteiger partial charge in [0, 0.05) is 12.1 Å². The van der Waals surface area contributed by atoms with Crippen molar-refractivity contribution in [1.29, 1.82) is 0 Å². The second-order valence-electron chi connectivity index (χ2n) is 4.84. The summed E-state index contributed by atoms with van der Waals surface area (Å²) in [6.45, 7) is 0.168. The van der Waals surface area contributed by atoms with Crippen molar-refractivity contribution in [3.8, 4) is 17.2 Å². The molecule has 7 heteroatoms.